The number of hydrogen-bond acceptors (Lipinski definition) is 2. The van der Waals surface area contributed by atoms with Gasteiger partial charge >= 0.3 is 0 Å². The van der Waals surface area contributed by atoms with Gasteiger partial charge in [-0.25, -0.2) is 4.98 Å². The number of aryl methyl sites for hydroxylation is 1. The van der Waals surface area contributed by atoms with E-state index in [1.165, 1.54) is 16.3 Å². The van der Waals surface area contributed by atoms with Crippen LogP contribution >= 0.6 is 0 Å². The standard InChI is InChI=1S/C17H12N2/c1-11-9-13-6-4-8-18-16(13)17-14(11)10-12-5-2-3-7-15(12)19-17/h2-10H,1H3. The highest BCUT2D eigenvalue weighted by Gasteiger charge is 2.07. The van der Waals surface area contributed by atoms with Crippen LogP contribution in [0.3, 0.4) is 0 Å². The lowest BCUT2D eigenvalue weighted by Gasteiger charge is -2.07. The molecule has 2 aromatic heterocycles. The number of hydrogen-bond donors (Lipinski definition) is 0. The molecule has 0 aliphatic heterocycles. The van der Waals surface area contributed by atoms with E-state index in [4.69, 9.17) is 4.98 Å². The van der Waals surface area contributed by atoms with E-state index in [9.17, 15) is 0 Å². The van der Waals surface area contributed by atoms with Crippen LogP contribution in [0.5, 0.6) is 0 Å². The Bertz CT molecular complexity index is 926. The van der Waals surface area contributed by atoms with Gasteiger partial charge in [0.15, 0.2) is 0 Å². The van der Waals surface area contributed by atoms with Crippen molar-refractivity contribution in [3.8, 4) is 0 Å². The highest BCUT2D eigenvalue weighted by Crippen LogP contribution is 2.28. The van der Waals surface area contributed by atoms with Crippen molar-refractivity contribution in [1.82, 2.24) is 9.97 Å². The molecule has 0 saturated heterocycles. The van der Waals surface area contributed by atoms with Crippen LogP contribution < -0.4 is 0 Å². The molecule has 0 amide bonds. The molecule has 0 spiro atoms. The van der Waals surface area contributed by atoms with Gasteiger partial charge < -0.3 is 0 Å². The quantitative estimate of drug-likeness (QED) is 0.341. The Morgan fingerprint density at radius 2 is 1.68 bits per heavy atom. The fourth-order valence-corrected chi connectivity index (χ4v) is 2.64. The third-order valence-corrected chi connectivity index (χ3v) is 3.58. The molecule has 4 aromatic rings. The molecule has 19 heavy (non-hydrogen) atoms. The molecule has 0 N–H and O–H groups in total. The third kappa shape index (κ3) is 1.50. The number of aromatic nitrogens is 2. The van der Waals surface area contributed by atoms with Crippen molar-refractivity contribution < 1.29 is 0 Å². The summed E-state index contributed by atoms with van der Waals surface area (Å²) in [7, 11) is 0. The van der Waals surface area contributed by atoms with Crippen LogP contribution in [-0.4, -0.2) is 9.97 Å². The van der Waals surface area contributed by atoms with Crippen LogP contribution in [0.25, 0.3) is 32.7 Å². The van der Waals surface area contributed by atoms with Crippen LogP contribution in [0.1, 0.15) is 5.56 Å². The van der Waals surface area contributed by atoms with E-state index in [1.54, 1.807) is 0 Å². The lowest BCUT2D eigenvalue weighted by atomic mass is 10.0. The maximum atomic E-state index is 4.80. The summed E-state index contributed by atoms with van der Waals surface area (Å²) in [5.74, 6) is 0. The van der Waals surface area contributed by atoms with Crippen molar-refractivity contribution in [3.05, 3.63) is 60.3 Å². The van der Waals surface area contributed by atoms with E-state index in [0.29, 0.717) is 0 Å². The summed E-state index contributed by atoms with van der Waals surface area (Å²) in [5, 5.41) is 3.51. The molecular formula is C17H12N2. The van der Waals surface area contributed by atoms with Crippen LogP contribution in [-0.2, 0) is 0 Å². The van der Waals surface area contributed by atoms with Gasteiger partial charge in [-0.2, -0.15) is 0 Å². The molecular weight excluding hydrogens is 232 g/mol. The smallest absolute Gasteiger partial charge is 0.0974 e. The molecule has 0 aliphatic rings. The predicted molar refractivity (Wildman–Crippen MR) is 79.3 cm³/mol. The Morgan fingerprint density at radius 3 is 2.63 bits per heavy atom. The van der Waals surface area contributed by atoms with Crippen LogP contribution in [0.15, 0.2) is 54.7 Å². The summed E-state index contributed by atoms with van der Waals surface area (Å²) in [5.41, 5.74) is 4.24. The molecule has 0 radical (unpaired) electrons. The first-order chi connectivity index (χ1) is 9.33. The minimum atomic E-state index is 0.980. The monoisotopic (exact) mass is 244 g/mol. The fraction of sp³-hybridized carbons (Fsp3) is 0.0588. The number of pyridine rings is 2. The van der Waals surface area contributed by atoms with Crippen LogP contribution in [0, 0.1) is 6.92 Å². The van der Waals surface area contributed by atoms with Crippen LogP contribution in [0.4, 0.5) is 0 Å². The summed E-state index contributed by atoms with van der Waals surface area (Å²) in [6.45, 7) is 2.13. The Balaban J connectivity index is 2.30. The van der Waals surface area contributed by atoms with Gasteiger partial charge in [0.05, 0.1) is 16.6 Å². The first-order valence-electron chi connectivity index (χ1n) is 6.37. The molecule has 0 unspecified atom stereocenters. The van der Waals surface area contributed by atoms with E-state index in [2.05, 4.69) is 36.2 Å². The largest absolute Gasteiger partial charge is 0.254 e. The van der Waals surface area contributed by atoms with Gasteiger partial charge in [0.2, 0.25) is 0 Å². The topological polar surface area (TPSA) is 25.8 Å². The van der Waals surface area contributed by atoms with E-state index < -0.39 is 0 Å². The molecule has 0 bridgehead atoms. The lowest BCUT2D eigenvalue weighted by molar-refractivity contribution is 1.39. The van der Waals surface area contributed by atoms with E-state index in [1.807, 2.05) is 30.5 Å². The first kappa shape index (κ1) is 10.4. The summed E-state index contributed by atoms with van der Waals surface area (Å²) >= 11 is 0. The molecule has 2 aromatic carbocycles. The Morgan fingerprint density at radius 1 is 0.842 bits per heavy atom. The van der Waals surface area contributed by atoms with Crippen molar-refractivity contribution in [2.24, 2.45) is 0 Å². The maximum Gasteiger partial charge on any atom is 0.0974 e. The van der Waals surface area contributed by atoms with Crippen molar-refractivity contribution in [2.45, 2.75) is 6.92 Å². The minimum Gasteiger partial charge on any atom is -0.254 e. The van der Waals surface area contributed by atoms with Crippen molar-refractivity contribution in [3.63, 3.8) is 0 Å². The normalized spacial score (nSPS) is 11.4. The van der Waals surface area contributed by atoms with Gasteiger partial charge in [0.1, 0.15) is 0 Å². The average molecular weight is 244 g/mol. The van der Waals surface area contributed by atoms with Crippen molar-refractivity contribution in [2.75, 3.05) is 0 Å². The molecule has 0 atom stereocenters. The van der Waals surface area contributed by atoms with E-state index in [0.717, 1.165) is 21.9 Å². The van der Waals surface area contributed by atoms with E-state index >= 15 is 0 Å². The zero-order valence-corrected chi connectivity index (χ0v) is 10.6. The molecule has 2 heteroatoms. The second kappa shape index (κ2) is 3.75. The Labute approximate surface area is 110 Å². The number of rotatable bonds is 0. The summed E-state index contributed by atoms with van der Waals surface area (Å²) in [6, 6.07) is 16.7. The first-order valence-corrected chi connectivity index (χ1v) is 6.37. The molecule has 0 aliphatic carbocycles. The highest BCUT2D eigenvalue weighted by molar-refractivity contribution is 6.07. The van der Waals surface area contributed by atoms with Crippen LogP contribution in [0.2, 0.25) is 0 Å². The Kier molecular flexibility index (Phi) is 2.06. The number of para-hydroxylation sites is 1. The van der Waals surface area contributed by atoms with Crippen molar-refractivity contribution in [1.29, 1.82) is 0 Å². The van der Waals surface area contributed by atoms with Gasteiger partial charge in [-0.1, -0.05) is 24.3 Å². The van der Waals surface area contributed by atoms with Gasteiger partial charge in [-0.15, -0.1) is 0 Å². The average Bonchev–Trinajstić information content (AvgIpc) is 2.46. The van der Waals surface area contributed by atoms with Crippen molar-refractivity contribution >= 4 is 32.7 Å². The molecule has 0 saturated carbocycles. The lowest BCUT2D eigenvalue weighted by Crippen LogP contribution is -1.89. The van der Waals surface area contributed by atoms with E-state index in [-0.39, 0.29) is 0 Å². The summed E-state index contributed by atoms with van der Waals surface area (Å²) in [6.07, 6.45) is 1.83. The summed E-state index contributed by atoms with van der Waals surface area (Å²) in [4.78, 5) is 9.30. The SMILES string of the molecule is Cc1cc2cccnc2c2nc3ccccc3cc12. The van der Waals surface area contributed by atoms with Gasteiger partial charge in [-0.3, -0.25) is 4.98 Å². The molecule has 0 fully saturated rings. The van der Waals surface area contributed by atoms with Gasteiger partial charge in [-0.05, 0) is 36.8 Å². The molecule has 2 nitrogen and oxygen atoms in total. The zero-order valence-electron chi connectivity index (χ0n) is 10.6. The predicted octanol–water partition coefficient (Wildman–Crippen LogP) is 4.24. The number of benzene rings is 2. The van der Waals surface area contributed by atoms with Gasteiger partial charge in [0.25, 0.3) is 0 Å². The second-order valence-electron chi connectivity index (χ2n) is 4.85. The fourth-order valence-electron chi connectivity index (χ4n) is 2.64. The molecule has 4 rings (SSSR count). The number of fused-ring (bicyclic) bond motifs is 4. The Hall–Kier alpha value is -2.48. The van der Waals surface area contributed by atoms with Gasteiger partial charge in [0, 0.05) is 22.4 Å². The third-order valence-electron chi connectivity index (χ3n) is 3.58. The highest BCUT2D eigenvalue weighted by atomic mass is 14.7. The second-order valence-corrected chi connectivity index (χ2v) is 4.85. The maximum absolute atomic E-state index is 4.80. The zero-order chi connectivity index (χ0) is 12.8. The molecule has 90 valence electrons. The number of nitrogens with zero attached hydrogens (tertiary/aromatic N) is 2. The summed E-state index contributed by atoms with van der Waals surface area (Å²) < 4.78 is 0. The minimum absolute atomic E-state index is 0.980. The molecule has 2 heterocycles.